The quantitative estimate of drug-likeness (QED) is 0.854. The van der Waals surface area contributed by atoms with Crippen LogP contribution in [-0.2, 0) is 17.9 Å². The number of nitrogens with zero attached hydrogens (tertiary/aromatic N) is 3. The summed E-state index contributed by atoms with van der Waals surface area (Å²) in [5.41, 5.74) is 0.255. The van der Waals surface area contributed by atoms with E-state index in [2.05, 4.69) is 4.98 Å². The second kappa shape index (κ2) is 5.50. The highest BCUT2D eigenvalue weighted by molar-refractivity contribution is 6.30. The molecule has 1 atom stereocenters. The van der Waals surface area contributed by atoms with E-state index < -0.39 is 5.82 Å². The number of anilines is 1. The molecule has 6 nitrogen and oxygen atoms in total. The van der Waals surface area contributed by atoms with Crippen LogP contribution < -0.4 is 15.3 Å². The maximum absolute atomic E-state index is 13.4. The third-order valence-corrected chi connectivity index (χ3v) is 4.31. The molecule has 1 fully saturated rings. The van der Waals surface area contributed by atoms with Gasteiger partial charge >= 0.3 is 5.69 Å². The first-order valence-electron chi connectivity index (χ1n) is 7.15. The Morgan fingerprint density at radius 2 is 2.30 bits per heavy atom. The van der Waals surface area contributed by atoms with Crippen LogP contribution in [0.1, 0.15) is 5.56 Å². The maximum atomic E-state index is 13.4. The Morgan fingerprint density at radius 1 is 1.43 bits per heavy atom. The predicted octanol–water partition coefficient (Wildman–Crippen LogP) is 1.79. The minimum absolute atomic E-state index is 0.0581. The van der Waals surface area contributed by atoms with Crippen LogP contribution in [0.15, 0.2) is 29.1 Å². The van der Waals surface area contributed by atoms with E-state index in [-0.39, 0.29) is 29.2 Å². The SMILES string of the molecule is O=c1nc(OCc2ccc(Cl)c(F)c2)cc2n1CC1COCN21. The highest BCUT2D eigenvalue weighted by atomic mass is 35.5. The molecule has 1 aromatic heterocycles. The van der Waals surface area contributed by atoms with Crippen molar-refractivity contribution in [1.82, 2.24) is 9.55 Å². The summed E-state index contributed by atoms with van der Waals surface area (Å²) in [6.45, 7) is 1.73. The molecule has 2 aromatic rings. The average molecular weight is 338 g/mol. The van der Waals surface area contributed by atoms with Crippen molar-refractivity contribution in [3.63, 3.8) is 0 Å². The number of aromatic nitrogens is 2. The summed E-state index contributed by atoms with van der Waals surface area (Å²) in [4.78, 5) is 18.0. The summed E-state index contributed by atoms with van der Waals surface area (Å²) in [6.07, 6.45) is 0. The van der Waals surface area contributed by atoms with Gasteiger partial charge in [0.25, 0.3) is 0 Å². The van der Waals surface area contributed by atoms with Crippen molar-refractivity contribution in [2.24, 2.45) is 0 Å². The number of halogens is 2. The lowest BCUT2D eigenvalue weighted by Gasteiger charge is -2.15. The largest absolute Gasteiger partial charge is 0.473 e. The Labute approximate surface area is 136 Å². The molecule has 0 radical (unpaired) electrons. The van der Waals surface area contributed by atoms with E-state index in [1.807, 2.05) is 4.90 Å². The fraction of sp³-hybridized carbons (Fsp3) is 0.333. The van der Waals surface area contributed by atoms with Crippen LogP contribution in [0.3, 0.4) is 0 Å². The molecule has 2 aliphatic rings. The Morgan fingerprint density at radius 3 is 3.13 bits per heavy atom. The van der Waals surface area contributed by atoms with Gasteiger partial charge in [0, 0.05) is 6.07 Å². The van der Waals surface area contributed by atoms with Gasteiger partial charge in [0.2, 0.25) is 5.88 Å². The van der Waals surface area contributed by atoms with E-state index in [4.69, 9.17) is 21.1 Å². The Hall–Kier alpha value is -2.12. The first-order chi connectivity index (χ1) is 11.1. The normalized spacial score (nSPS) is 18.9. The fourth-order valence-corrected chi connectivity index (χ4v) is 2.96. The Bertz CT molecular complexity index is 826. The van der Waals surface area contributed by atoms with E-state index in [1.54, 1.807) is 16.7 Å². The maximum Gasteiger partial charge on any atom is 0.352 e. The molecule has 120 valence electrons. The van der Waals surface area contributed by atoms with E-state index >= 15 is 0 Å². The monoisotopic (exact) mass is 337 g/mol. The van der Waals surface area contributed by atoms with Crippen LogP contribution in [0.5, 0.6) is 5.88 Å². The van der Waals surface area contributed by atoms with Gasteiger partial charge in [-0.2, -0.15) is 4.98 Å². The molecular weight excluding hydrogens is 325 g/mol. The molecule has 4 rings (SSSR count). The molecule has 1 aromatic carbocycles. The predicted molar refractivity (Wildman–Crippen MR) is 81.3 cm³/mol. The van der Waals surface area contributed by atoms with Crippen molar-refractivity contribution in [3.05, 3.63) is 51.2 Å². The smallest absolute Gasteiger partial charge is 0.352 e. The van der Waals surface area contributed by atoms with Gasteiger partial charge in [-0.15, -0.1) is 0 Å². The van der Waals surface area contributed by atoms with Crippen molar-refractivity contribution in [2.45, 2.75) is 19.2 Å². The van der Waals surface area contributed by atoms with Gasteiger partial charge in [-0.05, 0) is 17.7 Å². The van der Waals surface area contributed by atoms with Gasteiger partial charge in [-0.3, -0.25) is 4.57 Å². The van der Waals surface area contributed by atoms with Crippen molar-refractivity contribution in [2.75, 3.05) is 18.2 Å². The molecule has 8 heteroatoms. The zero-order valence-electron chi connectivity index (χ0n) is 12.0. The average Bonchev–Trinajstić information content (AvgIpc) is 3.10. The number of fused-ring (bicyclic) bond motifs is 3. The molecule has 2 aliphatic heterocycles. The molecule has 3 heterocycles. The van der Waals surface area contributed by atoms with Crippen LogP contribution in [0.4, 0.5) is 10.2 Å². The Kier molecular flexibility index (Phi) is 3.46. The van der Waals surface area contributed by atoms with Crippen LogP contribution in [-0.4, -0.2) is 28.9 Å². The summed E-state index contributed by atoms with van der Waals surface area (Å²) in [5.74, 6) is 0.445. The highest BCUT2D eigenvalue weighted by Crippen LogP contribution is 2.29. The Balaban J connectivity index is 1.56. The number of hydrogen-bond donors (Lipinski definition) is 0. The molecule has 1 unspecified atom stereocenters. The third kappa shape index (κ3) is 2.55. The molecule has 1 saturated heterocycles. The molecular formula is C15H13ClFN3O3. The van der Waals surface area contributed by atoms with Crippen molar-refractivity contribution < 1.29 is 13.9 Å². The van der Waals surface area contributed by atoms with Gasteiger partial charge in [0.15, 0.2) is 0 Å². The lowest BCUT2D eigenvalue weighted by Crippen LogP contribution is -2.26. The molecule has 23 heavy (non-hydrogen) atoms. The minimum Gasteiger partial charge on any atom is -0.473 e. The summed E-state index contributed by atoms with van der Waals surface area (Å²) in [7, 11) is 0. The van der Waals surface area contributed by atoms with Crippen LogP contribution in [0, 0.1) is 5.82 Å². The van der Waals surface area contributed by atoms with Crippen molar-refractivity contribution in [1.29, 1.82) is 0 Å². The van der Waals surface area contributed by atoms with Gasteiger partial charge in [-0.25, -0.2) is 9.18 Å². The van der Waals surface area contributed by atoms with E-state index in [0.29, 0.717) is 25.4 Å². The van der Waals surface area contributed by atoms with Gasteiger partial charge in [0.05, 0.1) is 24.2 Å². The summed E-state index contributed by atoms with van der Waals surface area (Å²) >= 11 is 5.64. The minimum atomic E-state index is -0.508. The van der Waals surface area contributed by atoms with Crippen molar-refractivity contribution >= 4 is 17.4 Å². The van der Waals surface area contributed by atoms with Crippen LogP contribution in [0.25, 0.3) is 0 Å². The lowest BCUT2D eigenvalue weighted by atomic mass is 10.2. The second-order valence-electron chi connectivity index (χ2n) is 5.51. The summed E-state index contributed by atoms with van der Waals surface area (Å²) < 4.78 is 26.0. The number of benzene rings is 1. The first kappa shape index (κ1) is 14.5. The molecule has 0 amide bonds. The number of ether oxygens (including phenoxy) is 2. The van der Waals surface area contributed by atoms with E-state index in [1.165, 1.54) is 12.1 Å². The van der Waals surface area contributed by atoms with Crippen molar-refractivity contribution in [3.8, 4) is 5.88 Å². The van der Waals surface area contributed by atoms with E-state index in [0.717, 1.165) is 5.82 Å². The van der Waals surface area contributed by atoms with Crippen LogP contribution >= 0.6 is 11.6 Å². The second-order valence-corrected chi connectivity index (χ2v) is 5.91. The first-order valence-corrected chi connectivity index (χ1v) is 7.52. The third-order valence-electron chi connectivity index (χ3n) is 4.01. The molecule has 0 bridgehead atoms. The summed E-state index contributed by atoms with van der Waals surface area (Å²) in [5, 5.41) is 0.0581. The fourth-order valence-electron chi connectivity index (χ4n) is 2.84. The van der Waals surface area contributed by atoms with Gasteiger partial charge in [-0.1, -0.05) is 17.7 Å². The molecule has 0 aliphatic carbocycles. The zero-order valence-corrected chi connectivity index (χ0v) is 12.8. The lowest BCUT2D eigenvalue weighted by molar-refractivity contribution is 0.189. The van der Waals surface area contributed by atoms with Crippen LogP contribution in [0.2, 0.25) is 5.02 Å². The summed E-state index contributed by atoms with van der Waals surface area (Å²) in [6, 6.07) is 6.31. The topological polar surface area (TPSA) is 56.6 Å². The molecule has 0 saturated carbocycles. The standard InChI is InChI=1S/C15H13ClFN3O3/c16-11-2-1-9(3-12(11)17)6-23-13-4-14-19(15(21)18-13)5-10-7-22-8-20(10)14/h1-4,10H,5-8H2. The molecule has 0 spiro atoms. The van der Waals surface area contributed by atoms with Gasteiger partial charge in [0.1, 0.15) is 25.0 Å². The molecule has 0 N–H and O–H groups in total. The zero-order chi connectivity index (χ0) is 16.0. The van der Waals surface area contributed by atoms with E-state index in [9.17, 15) is 9.18 Å². The number of rotatable bonds is 3. The highest BCUT2D eigenvalue weighted by Gasteiger charge is 2.35. The number of hydrogen-bond acceptors (Lipinski definition) is 5. The van der Waals surface area contributed by atoms with Gasteiger partial charge < -0.3 is 14.4 Å².